The normalized spacial score (nSPS) is 10.6. The number of nitrogens with zero attached hydrogens (tertiary/aromatic N) is 4. The van der Waals surface area contributed by atoms with Crippen molar-refractivity contribution in [3.8, 4) is 0 Å². The van der Waals surface area contributed by atoms with Crippen LogP contribution in [0.3, 0.4) is 0 Å². The van der Waals surface area contributed by atoms with E-state index < -0.39 is 0 Å². The van der Waals surface area contributed by atoms with E-state index in [2.05, 4.69) is 52.3 Å². The summed E-state index contributed by atoms with van der Waals surface area (Å²) in [5, 5.41) is 3.38. The number of carbonyl (C=O) groups excluding carboxylic acids is 1. The molecule has 0 radical (unpaired) electrons. The zero-order chi connectivity index (χ0) is 20.6. The summed E-state index contributed by atoms with van der Waals surface area (Å²) in [6.07, 6.45) is 9.31. The van der Waals surface area contributed by atoms with Gasteiger partial charge >= 0.3 is 0 Å². The monoisotopic (exact) mass is 389 g/mol. The molecule has 150 valence electrons. The second-order valence-corrected chi connectivity index (χ2v) is 6.90. The SMILES string of the molecule is CCc1cccc(CC)c1Nc1cnc(C(=O)N(C)CCc2ccncc2)cn1. The maximum Gasteiger partial charge on any atom is 0.273 e. The van der Waals surface area contributed by atoms with Gasteiger partial charge in [-0.15, -0.1) is 0 Å². The third-order valence-corrected chi connectivity index (χ3v) is 4.95. The van der Waals surface area contributed by atoms with Crippen LogP contribution in [-0.2, 0) is 19.3 Å². The quantitative estimate of drug-likeness (QED) is 0.629. The second-order valence-electron chi connectivity index (χ2n) is 6.90. The fourth-order valence-electron chi connectivity index (χ4n) is 3.18. The zero-order valence-electron chi connectivity index (χ0n) is 17.2. The van der Waals surface area contributed by atoms with Gasteiger partial charge in [0.05, 0.1) is 12.4 Å². The predicted octanol–water partition coefficient (Wildman–Crippen LogP) is 4.05. The molecule has 2 heterocycles. The first-order chi connectivity index (χ1) is 14.1. The smallest absolute Gasteiger partial charge is 0.273 e. The van der Waals surface area contributed by atoms with Gasteiger partial charge in [-0.25, -0.2) is 9.97 Å². The van der Waals surface area contributed by atoms with Crippen LogP contribution in [0.4, 0.5) is 11.5 Å². The molecule has 0 atom stereocenters. The minimum atomic E-state index is -0.138. The lowest BCUT2D eigenvalue weighted by Crippen LogP contribution is -2.29. The molecule has 29 heavy (non-hydrogen) atoms. The van der Waals surface area contributed by atoms with Gasteiger partial charge in [0.15, 0.2) is 0 Å². The van der Waals surface area contributed by atoms with Crippen LogP contribution < -0.4 is 5.32 Å². The van der Waals surface area contributed by atoms with Crippen molar-refractivity contribution in [2.45, 2.75) is 33.1 Å². The molecule has 0 aliphatic carbocycles. The summed E-state index contributed by atoms with van der Waals surface area (Å²) >= 11 is 0. The largest absolute Gasteiger partial charge is 0.340 e. The lowest BCUT2D eigenvalue weighted by molar-refractivity contribution is 0.0790. The minimum Gasteiger partial charge on any atom is -0.340 e. The van der Waals surface area contributed by atoms with Crippen molar-refractivity contribution in [3.05, 3.63) is 77.5 Å². The number of pyridine rings is 1. The fraction of sp³-hybridized carbons (Fsp3) is 0.304. The van der Waals surface area contributed by atoms with Crippen molar-refractivity contribution < 1.29 is 4.79 Å². The van der Waals surface area contributed by atoms with Crippen LogP contribution in [0.2, 0.25) is 0 Å². The number of carbonyl (C=O) groups is 1. The van der Waals surface area contributed by atoms with E-state index in [9.17, 15) is 4.79 Å². The molecule has 6 nitrogen and oxygen atoms in total. The third-order valence-electron chi connectivity index (χ3n) is 4.95. The minimum absolute atomic E-state index is 0.138. The van der Waals surface area contributed by atoms with E-state index in [0.717, 1.165) is 30.5 Å². The summed E-state index contributed by atoms with van der Waals surface area (Å²) in [6, 6.07) is 10.2. The molecule has 1 aromatic carbocycles. The van der Waals surface area contributed by atoms with Gasteiger partial charge in [0.2, 0.25) is 0 Å². The van der Waals surface area contributed by atoms with Gasteiger partial charge in [-0.2, -0.15) is 0 Å². The molecule has 1 amide bonds. The first kappa shape index (κ1) is 20.5. The molecule has 0 spiro atoms. The number of nitrogens with one attached hydrogen (secondary N) is 1. The lowest BCUT2D eigenvalue weighted by atomic mass is 10.0. The summed E-state index contributed by atoms with van der Waals surface area (Å²) in [4.78, 5) is 27.1. The summed E-state index contributed by atoms with van der Waals surface area (Å²) in [7, 11) is 1.78. The Kier molecular flexibility index (Phi) is 6.89. The van der Waals surface area contributed by atoms with Crippen molar-refractivity contribution in [2.75, 3.05) is 18.9 Å². The number of likely N-dealkylation sites (N-methyl/N-ethyl adjacent to an activating group) is 1. The number of para-hydroxylation sites is 1. The van der Waals surface area contributed by atoms with Gasteiger partial charge < -0.3 is 10.2 Å². The molecule has 0 saturated heterocycles. The van der Waals surface area contributed by atoms with Crippen molar-refractivity contribution in [1.29, 1.82) is 0 Å². The second kappa shape index (κ2) is 9.78. The zero-order valence-corrected chi connectivity index (χ0v) is 17.2. The Labute approximate surface area is 172 Å². The number of aromatic nitrogens is 3. The molecular weight excluding hydrogens is 362 g/mol. The molecule has 0 saturated carbocycles. The molecule has 0 unspecified atom stereocenters. The van der Waals surface area contributed by atoms with Gasteiger partial charge in [-0.1, -0.05) is 32.0 Å². The molecule has 6 heteroatoms. The first-order valence-corrected chi connectivity index (χ1v) is 9.96. The summed E-state index contributed by atoms with van der Waals surface area (Å²) in [6.45, 7) is 4.87. The van der Waals surface area contributed by atoms with Crippen LogP contribution >= 0.6 is 0 Å². The van der Waals surface area contributed by atoms with E-state index in [0.29, 0.717) is 18.1 Å². The molecule has 0 aliphatic heterocycles. The van der Waals surface area contributed by atoms with E-state index in [-0.39, 0.29) is 5.91 Å². The van der Waals surface area contributed by atoms with Crippen molar-refractivity contribution in [3.63, 3.8) is 0 Å². The molecule has 0 fully saturated rings. The lowest BCUT2D eigenvalue weighted by Gasteiger charge is -2.17. The van der Waals surface area contributed by atoms with Gasteiger partial charge in [0.1, 0.15) is 11.5 Å². The Morgan fingerprint density at radius 2 is 1.69 bits per heavy atom. The highest BCUT2D eigenvalue weighted by Crippen LogP contribution is 2.25. The number of rotatable bonds is 8. The number of anilines is 2. The summed E-state index contributed by atoms with van der Waals surface area (Å²) in [5.74, 6) is 0.498. The standard InChI is InChI=1S/C23H27N5O/c1-4-18-7-6-8-19(5-2)22(18)27-21-16-25-20(15-26-21)23(29)28(3)14-11-17-9-12-24-13-10-17/h6-10,12-13,15-16H,4-5,11,14H2,1-3H3,(H,26,27). The van der Waals surface area contributed by atoms with E-state index >= 15 is 0 Å². The third kappa shape index (κ3) is 5.16. The van der Waals surface area contributed by atoms with Crippen molar-refractivity contribution >= 4 is 17.4 Å². The van der Waals surface area contributed by atoms with Gasteiger partial charge in [-0.05, 0) is 48.1 Å². The molecular formula is C23H27N5O. The first-order valence-electron chi connectivity index (χ1n) is 9.96. The number of hydrogen-bond donors (Lipinski definition) is 1. The number of benzene rings is 1. The van der Waals surface area contributed by atoms with Crippen LogP contribution in [0.15, 0.2) is 55.1 Å². The fourth-order valence-corrected chi connectivity index (χ4v) is 3.18. The van der Waals surface area contributed by atoms with Crippen LogP contribution in [0.1, 0.15) is 41.0 Å². The van der Waals surface area contributed by atoms with E-state index in [4.69, 9.17) is 0 Å². The van der Waals surface area contributed by atoms with Gasteiger partial charge in [0, 0.05) is 31.7 Å². The molecule has 1 N–H and O–H groups in total. The summed E-state index contributed by atoms with van der Waals surface area (Å²) < 4.78 is 0. The Morgan fingerprint density at radius 3 is 2.28 bits per heavy atom. The molecule has 0 aliphatic rings. The average molecular weight is 390 g/mol. The van der Waals surface area contributed by atoms with Gasteiger partial charge in [0.25, 0.3) is 5.91 Å². The number of aryl methyl sites for hydroxylation is 2. The number of amides is 1. The highest BCUT2D eigenvalue weighted by atomic mass is 16.2. The van der Waals surface area contributed by atoms with E-state index in [1.807, 2.05) is 12.1 Å². The summed E-state index contributed by atoms with van der Waals surface area (Å²) in [5.41, 5.74) is 5.04. The Morgan fingerprint density at radius 1 is 1.00 bits per heavy atom. The van der Waals surface area contributed by atoms with E-state index in [1.165, 1.54) is 17.3 Å². The van der Waals surface area contributed by atoms with Crippen LogP contribution in [0.5, 0.6) is 0 Å². The predicted molar refractivity (Wildman–Crippen MR) is 115 cm³/mol. The van der Waals surface area contributed by atoms with Crippen LogP contribution in [0, 0.1) is 0 Å². The maximum atomic E-state index is 12.6. The molecule has 3 aromatic rings. The molecule has 2 aromatic heterocycles. The van der Waals surface area contributed by atoms with Crippen LogP contribution in [-0.4, -0.2) is 39.4 Å². The molecule has 0 bridgehead atoms. The van der Waals surface area contributed by atoms with Crippen LogP contribution in [0.25, 0.3) is 0 Å². The average Bonchev–Trinajstić information content (AvgIpc) is 2.78. The Hall–Kier alpha value is -3.28. The maximum absolute atomic E-state index is 12.6. The Bertz CT molecular complexity index is 919. The highest BCUT2D eigenvalue weighted by molar-refractivity contribution is 5.92. The van der Waals surface area contributed by atoms with Gasteiger partial charge in [-0.3, -0.25) is 9.78 Å². The number of hydrogen-bond acceptors (Lipinski definition) is 5. The Balaban J connectivity index is 1.66. The highest BCUT2D eigenvalue weighted by Gasteiger charge is 2.14. The topological polar surface area (TPSA) is 71.0 Å². The van der Waals surface area contributed by atoms with Crippen molar-refractivity contribution in [2.24, 2.45) is 0 Å². The van der Waals surface area contributed by atoms with E-state index in [1.54, 1.807) is 30.5 Å². The van der Waals surface area contributed by atoms with Crippen molar-refractivity contribution in [1.82, 2.24) is 19.9 Å². The molecule has 3 rings (SSSR count).